The zero-order valence-electron chi connectivity index (χ0n) is 12.2. The fourth-order valence-electron chi connectivity index (χ4n) is 2.14. The molecule has 0 aliphatic carbocycles. The number of aryl methyl sites for hydroxylation is 1. The van der Waals surface area contributed by atoms with Gasteiger partial charge in [-0.1, -0.05) is 18.2 Å². The smallest absolute Gasteiger partial charge is 0.230 e. The average molecular weight is 292 g/mol. The van der Waals surface area contributed by atoms with Gasteiger partial charge < -0.3 is 5.32 Å². The van der Waals surface area contributed by atoms with Crippen molar-refractivity contribution in [3.8, 4) is 0 Å². The molecule has 6 nitrogen and oxygen atoms in total. The third kappa shape index (κ3) is 3.17. The van der Waals surface area contributed by atoms with Crippen LogP contribution in [0.25, 0.3) is 10.9 Å². The highest BCUT2D eigenvalue weighted by Crippen LogP contribution is 2.16. The molecular formula is C16H16N6. The van der Waals surface area contributed by atoms with E-state index in [4.69, 9.17) is 5.41 Å². The molecule has 0 aliphatic rings. The van der Waals surface area contributed by atoms with E-state index in [-0.39, 0.29) is 5.96 Å². The van der Waals surface area contributed by atoms with E-state index in [1.165, 1.54) is 0 Å². The van der Waals surface area contributed by atoms with Gasteiger partial charge in [-0.3, -0.25) is 15.7 Å². The maximum Gasteiger partial charge on any atom is 0.230 e. The molecule has 0 aliphatic heterocycles. The van der Waals surface area contributed by atoms with Crippen LogP contribution in [0.3, 0.4) is 0 Å². The number of anilines is 1. The van der Waals surface area contributed by atoms with Crippen LogP contribution in [-0.2, 0) is 6.54 Å². The van der Waals surface area contributed by atoms with Gasteiger partial charge in [0.1, 0.15) is 0 Å². The molecule has 1 aromatic carbocycles. The van der Waals surface area contributed by atoms with Gasteiger partial charge in [0.05, 0.1) is 11.2 Å². The highest BCUT2D eigenvalue weighted by molar-refractivity contribution is 5.91. The average Bonchev–Trinajstić information content (AvgIpc) is 2.54. The summed E-state index contributed by atoms with van der Waals surface area (Å²) in [6.45, 7) is 2.48. The number of fused-ring (bicyclic) bond motifs is 1. The molecule has 0 atom stereocenters. The second-order valence-electron chi connectivity index (χ2n) is 4.86. The van der Waals surface area contributed by atoms with Gasteiger partial charge in [-0.05, 0) is 30.7 Å². The van der Waals surface area contributed by atoms with E-state index in [2.05, 4.69) is 25.6 Å². The van der Waals surface area contributed by atoms with Gasteiger partial charge in [-0.2, -0.15) is 0 Å². The van der Waals surface area contributed by atoms with E-state index < -0.39 is 0 Å². The molecule has 0 saturated heterocycles. The summed E-state index contributed by atoms with van der Waals surface area (Å²) in [6.07, 6.45) is 3.45. The third-order valence-corrected chi connectivity index (χ3v) is 3.25. The van der Waals surface area contributed by atoms with Crippen molar-refractivity contribution in [2.45, 2.75) is 13.5 Å². The van der Waals surface area contributed by atoms with Gasteiger partial charge >= 0.3 is 0 Å². The number of nitrogens with zero attached hydrogens (tertiary/aromatic N) is 3. The number of hydrogen-bond acceptors (Lipinski definition) is 4. The van der Waals surface area contributed by atoms with Crippen LogP contribution < -0.4 is 10.6 Å². The molecule has 6 heteroatoms. The quantitative estimate of drug-likeness (QED) is 0.510. The molecule has 2 aromatic heterocycles. The number of hydrogen-bond donors (Lipinski definition) is 3. The number of nitrogens with one attached hydrogen (secondary N) is 3. The van der Waals surface area contributed by atoms with Crippen LogP contribution in [0.5, 0.6) is 0 Å². The number of guanidine groups is 1. The molecule has 3 rings (SSSR count). The lowest BCUT2D eigenvalue weighted by atomic mass is 10.2. The summed E-state index contributed by atoms with van der Waals surface area (Å²) in [5.41, 5.74) is 2.80. The molecule has 0 bridgehead atoms. The standard InChI is InChI=1S/C16H16N6/c1-11-13-4-2-3-5-14(13)21-16(20-11)22-15(17)19-10-12-6-8-18-9-7-12/h2-9H,10H2,1H3,(H3,17,19,20,21,22). The van der Waals surface area contributed by atoms with Gasteiger partial charge in [-0.15, -0.1) is 0 Å². The Morgan fingerprint density at radius 1 is 1.09 bits per heavy atom. The van der Waals surface area contributed by atoms with E-state index in [0.29, 0.717) is 12.5 Å². The second-order valence-corrected chi connectivity index (χ2v) is 4.86. The summed E-state index contributed by atoms with van der Waals surface area (Å²) in [4.78, 5) is 12.8. The highest BCUT2D eigenvalue weighted by Gasteiger charge is 2.05. The van der Waals surface area contributed by atoms with Crippen LogP contribution in [0.4, 0.5) is 5.95 Å². The topological polar surface area (TPSA) is 86.6 Å². The maximum atomic E-state index is 7.94. The molecule has 0 radical (unpaired) electrons. The summed E-state index contributed by atoms with van der Waals surface area (Å²) < 4.78 is 0. The first-order valence-electron chi connectivity index (χ1n) is 6.94. The molecule has 0 amide bonds. The molecule has 22 heavy (non-hydrogen) atoms. The monoisotopic (exact) mass is 292 g/mol. The largest absolute Gasteiger partial charge is 0.352 e. The Morgan fingerprint density at radius 3 is 2.68 bits per heavy atom. The number of aromatic nitrogens is 3. The lowest BCUT2D eigenvalue weighted by Gasteiger charge is -2.10. The second kappa shape index (κ2) is 6.17. The van der Waals surface area contributed by atoms with E-state index in [1.54, 1.807) is 12.4 Å². The van der Waals surface area contributed by atoms with Gasteiger partial charge in [-0.25, -0.2) is 9.97 Å². The van der Waals surface area contributed by atoms with Crippen molar-refractivity contribution in [1.29, 1.82) is 5.41 Å². The predicted molar refractivity (Wildman–Crippen MR) is 86.7 cm³/mol. The summed E-state index contributed by atoms with van der Waals surface area (Å²) in [5, 5.41) is 14.8. The Balaban J connectivity index is 1.69. The summed E-state index contributed by atoms with van der Waals surface area (Å²) in [7, 11) is 0. The molecule has 0 spiro atoms. The lowest BCUT2D eigenvalue weighted by Crippen LogP contribution is -2.29. The van der Waals surface area contributed by atoms with Crippen molar-refractivity contribution in [3.05, 3.63) is 60.0 Å². The van der Waals surface area contributed by atoms with Crippen LogP contribution in [0.2, 0.25) is 0 Å². The van der Waals surface area contributed by atoms with Gasteiger partial charge in [0.2, 0.25) is 5.95 Å². The van der Waals surface area contributed by atoms with Crippen molar-refractivity contribution in [3.63, 3.8) is 0 Å². The van der Waals surface area contributed by atoms with Crippen LogP contribution in [0, 0.1) is 12.3 Å². The first-order chi connectivity index (χ1) is 10.7. The maximum absolute atomic E-state index is 7.94. The van der Waals surface area contributed by atoms with Crippen LogP contribution >= 0.6 is 0 Å². The summed E-state index contributed by atoms with van der Waals surface area (Å²) in [6, 6.07) is 11.6. The predicted octanol–water partition coefficient (Wildman–Crippen LogP) is 2.47. The van der Waals surface area contributed by atoms with Gasteiger partial charge in [0, 0.05) is 24.3 Å². The molecule has 2 heterocycles. The Kier molecular flexibility index (Phi) is 3.91. The molecule has 110 valence electrons. The van der Waals surface area contributed by atoms with Crippen molar-refractivity contribution in [1.82, 2.24) is 20.3 Å². The van der Waals surface area contributed by atoms with Crippen molar-refractivity contribution in [2.75, 3.05) is 5.32 Å². The Morgan fingerprint density at radius 2 is 1.86 bits per heavy atom. The molecule has 0 fully saturated rings. The number of pyridine rings is 1. The van der Waals surface area contributed by atoms with Crippen LogP contribution in [0.1, 0.15) is 11.3 Å². The van der Waals surface area contributed by atoms with E-state index in [1.807, 2.05) is 43.3 Å². The van der Waals surface area contributed by atoms with Crippen molar-refractivity contribution < 1.29 is 0 Å². The summed E-state index contributed by atoms with van der Waals surface area (Å²) in [5.74, 6) is 0.579. The van der Waals surface area contributed by atoms with Crippen molar-refractivity contribution in [2.24, 2.45) is 0 Å². The Bertz CT molecular complexity index is 800. The number of rotatable bonds is 3. The molecule has 0 unspecified atom stereocenters. The van der Waals surface area contributed by atoms with Crippen LogP contribution in [-0.4, -0.2) is 20.9 Å². The lowest BCUT2D eigenvalue weighted by molar-refractivity contribution is 0.898. The molecule has 3 N–H and O–H groups in total. The minimum absolute atomic E-state index is 0.159. The van der Waals surface area contributed by atoms with Gasteiger partial charge in [0.15, 0.2) is 5.96 Å². The normalized spacial score (nSPS) is 10.4. The van der Waals surface area contributed by atoms with E-state index in [9.17, 15) is 0 Å². The van der Waals surface area contributed by atoms with Gasteiger partial charge in [0.25, 0.3) is 0 Å². The van der Waals surface area contributed by atoms with Crippen molar-refractivity contribution >= 4 is 22.8 Å². The fraction of sp³-hybridized carbons (Fsp3) is 0.125. The zero-order valence-corrected chi connectivity index (χ0v) is 12.2. The highest BCUT2D eigenvalue weighted by atomic mass is 15.2. The van der Waals surface area contributed by atoms with E-state index in [0.717, 1.165) is 22.2 Å². The number of para-hydroxylation sites is 1. The Labute approximate surface area is 128 Å². The first-order valence-corrected chi connectivity index (χ1v) is 6.94. The van der Waals surface area contributed by atoms with Crippen LogP contribution in [0.15, 0.2) is 48.8 Å². The fourth-order valence-corrected chi connectivity index (χ4v) is 2.14. The Hall–Kier alpha value is -3.02. The molecule has 3 aromatic rings. The third-order valence-electron chi connectivity index (χ3n) is 3.25. The number of benzene rings is 1. The first kappa shape index (κ1) is 13.9. The minimum atomic E-state index is 0.159. The molecule has 0 saturated carbocycles. The zero-order chi connectivity index (χ0) is 15.4. The molecular weight excluding hydrogens is 276 g/mol. The summed E-state index contributed by atoms with van der Waals surface area (Å²) >= 11 is 0. The minimum Gasteiger partial charge on any atom is -0.352 e. The van der Waals surface area contributed by atoms with E-state index >= 15 is 0 Å². The SMILES string of the molecule is Cc1nc(NC(=N)NCc2ccncc2)nc2ccccc12.